The molecule has 0 aromatic carbocycles. The molecule has 0 unspecified atom stereocenters. The SMILES string of the molecule is NC(=O)CN1CC[CH-]CC1.[Nb]. The first-order valence-corrected chi connectivity index (χ1v) is 3.61. The number of carbonyl (C=O) groups is 1. The van der Waals surface area contributed by atoms with E-state index in [0.717, 1.165) is 25.9 Å². The van der Waals surface area contributed by atoms with E-state index in [2.05, 4.69) is 11.3 Å². The summed E-state index contributed by atoms with van der Waals surface area (Å²) in [6.45, 7) is 2.40. The van der Waals surface area contributed by atoms with Gasteiger partial charge in [0.15, 0.2) is 0 Å². The van der Waals surface area contributed by atoms with Gasteiger partial charge in [-0.2, -0.15) is 12.8 Å². The van der Waals surface area contributed by atoms with Crippen molar-refractivity contribution in [2.45, 2.75) is 12.8 Å². The van der Waals surface area contributed by atoms with Crippen LogP contribution < -0.4 is 5.73 Å². The molecular formula is C7H13N2NbO-. The number of nitrogens with zero attached hydrogens (tertiary/aromatic N) is 1. The predicted molar refractivity (Wildman–Crippen MR) is 39.2 cm³/mol. The summed E-state index contributed by atoms with van der Waals surface area (Å²) in [5.41, 5.74) is 5.03. The summed E-state index contributed by atoms with van der Waals surface area (Å²) in [5, 5.41) is 0. The molecule has 2 N–H and O–H groups in total. The smallest absolute Gasteiger partial charge is 0.231 e. The van der Waals surface area contributed by atoms with Crippen LogP contribution in [0.4, 0.5) is 0 Å². The molecule has 3 nitrogen and oxygen atoms in total. The van der Waals surface area contributed by atoms with Gasteiger partial charge in [0.05, 0.1) is 6.54 Å². The largest absolute Gasteiger partial charge is 0.369 e. The molecule has 4 heteroatoms. The number of hydrogen-bond donors (Lipinski definition) is 1. The topological polar surface area (TPSA) is 46.3 Å². The second-order valence-corrected chi connectivity index (χ2v) is 2.61. The van der Waals surface area contributed by atoms with Crippen LogP contribution in [0, 0.1) is 6.42 Å². The van der Waals surface area contributed by atoms with Crippen molar-refractivity contribution in [1.82, 2.24) is 4.90 Å². The Morgan fingerprint density at radius 1 is 1.45 bits per heavy atom. The average Bonchev–Trinajstić information content (AvgIpc) is 1.88. The summed E-state index contributed by atoms with van der Waals surface area (Å²) >= 11 is 0. The molecule has 1 radical (unpaired) electrons. The van der Waals surface area contributed by atoms with Gasteiger partial charge < -0.3 is 12.2 Å². The maximum atomic E-state index is 10.4. The zero-order valence-electron chi connectivity index (χ0n) is 6.49. The van der Waals surface area contributed by atoms with Crippen molar-refractivity contribution in [3.63, 3.8) is 0 Å². The van der Waals surface area contributed by atoms with Crippen LogP contribution in [0.25, 0.3) is 0 Å². The Balaban J connectivity index is 0.000001000. The number of nitrogens with two attached hydrogens (primary N) is 1. The minimum Gasteiger partial charge on any atom is -0.369 e. The van der Waals surface area contributed by atoms with Crippen molar-refractivity contribution >= 4 is 5.91 Å². The predicted octanol–water partition coefficient (Wildman–Crippen LogP) is -0.231. The molecule has 1 aliphatic rings. The standard InChI is InChI=1S/C7H13N2O.Nb/c8-7(10)6-9-4-2-1-3-5-9;/h1H,2-6H2,(H2,8,10);/q-1;. The van der Waals surface area contributed by atoms with E-state index in [9.17, 15) is 4.79 Å². The van der Waals surface area contributed by atoms with E-state index in [1.807, 2.05) is 0 Å². The third-order valence-electron chi connectivity index (χ3n) is 1.68. The molecule has 0 aromatic rings. The van der Waals surface area contributed by atoms with Crippen LogP contribution in [-0.4, -0.2) is 30.4 Å². The van der Waals surface area contributed by atoms with Gasteiger partial charge in [-0.15, -0.1) is 0 Å². The zero-order valence-corrected chi connectivity index (χ0v) is 8.69. The maximum Gasteiger partial charge on any atom is 0.231 e. The monoisotopic (exact) mass is 234 g/mol. The Morgan fingerprint density at radius 2 is 2.00 bits per heavy atom. The van der Waals surface area contributed by atoms with E-state index in [1.165, 1.54) is 0 Å². The fourth-order valence-corrected chi connectivity index (χ4v) is 1.18. The molecule has 0 aliphatic carbocycles. The normalized spacial score (nSPS) is 18.9. The van der Waals surface area contributed by atoms with Crippen molar-refractivity contribution in [1.29, 1.82) is 0 Å². The minimum atomic E-state index is -0.220. The van der Waals surface area contributed by atoms with Gasteiger partial charge in [0.2, 0.25) is 5.91 Å². The summed E-state index contributed by atoms with van der Waals surface area (Å²) in [7, 11) is 0. The van der Waals surface area contributed by atoms with Crippen LogP contribution in [-0.2, 0) is 27.2 Å². The van der Waals surface area contributed by atoms with Crippen LogP contribution in [0.3, 0.4) is 0 Å². The molecule has 0 spiro atoms. The quantitative estimate of drug-likeness (QED) is 0.530. The number of rotatable bonds is 2. The molecular weight excluding hydrogens is 221 g/mol. The Bertz CT molecular complexity index is 124. The van der Waals surface area contributed by atoms with Crippen molar-refractivity contribution in [2.24, 2.45) is 5.73 Å². The molecule has 1 rings (SSSR count). The molecule has 1 saturated heterocycles. The zero-order chi connectivity index (χ0) is 7.40. The van der Waals surface area contributed by atoms with Gasteiger partial charge in [0, 0.05) is 22.4 Å². The first-order chi connectivity index (χ1) is 4.79. The molecule has 1 fully saturated rings. The van der Waals surface area contributed by atoms with E-state index in [-0.39, 0.29) is 28.3 Å². The number of piperidine rings is 1. The van der Waals surface area contributed by atoms with Crippen molar-refractivity contribution < 1.29 is 27.2 Å². The molecule has 0 saturated carbocycles. The molecule has 11 heavy (non-hydrogen) atoms. The first kappa shape index (κ1) is 11.2. The third-order valence-corrected chi connectivity index (χ3v) is 1.68. The van der Waals surface area contributed by atoms with Gasteiger partial charge in [-0.1, -0.05) is 0 Å². The molecule has 0 aromatic heterocycles. The van der Waals surface area contributed by atoms with E-state index in [0.29, 0.717) is 6.54 Å². The van der Waals surface area contributed by atoms with Gasteiger partial charge in [-0.3, -0.25) is 9.69 Å². The van der Waals surface area contributed by atoms with Crippen LogP contribution in [0.1, 0.15) is 12.8 Å². The molecule has 0 atom stereocenters. The Labute approximate surface area is 82.8 Å². The Morgan fingerprint density at radius 3 is 2.45 bits per heavy atom. The van der Waals surface area contributed by atoms with Gasteiger partial charge >= 0.3 is 0 Å². The molecule has 1 aliphatic heterocycles. The Hall–Kier alpha value is 0.170. The summed E-state index contributed by atoms with van der Waals surface area (Å²) < 4.78 is 0. The van der Waals surface area contributed by atoms with Crippen molar-refractivity contribution in [2.75, 3.05) is 19.6 Å². The van der Waals surface area contributed by atoms with E-state index in [1.54, 1.807) is 0 Å². The van der Waals surface area contributed by atoms with E-state index >= 15 is 0 Å². The molecule has 63 valence electrons. The number of carbonyl (C=O) groups excluding carboxylic acids is 1. The van der Waals surface area contributed by atoms with Gasteiger partial charge in [-0.25, -0.2) is 0 Å². The van der Waals surface area contributed by atoms with Gasteiger partial charge in [0.1, 0.15) is 0 Å². The Kier molecular flexibility index (Phi) is 5.86. The van der Waals surface area contributed by atoms with Crippen LogP contribution in [0.15, 0.2) is 0 Å². The molecule has 0 bridgehead atoms. The van der Waals surface area contributed by atoms with Gasteiger partial charge in [-0.05, 0) is 13.1 Å². The van der Waals surface area contributed by atoms with Gasteiger partial charge in [0.25, 0.3) is 0 Å². The van der Waals surface area contributed by atoms with Crippen molar-refractivity contribution in [3.05, 3.63) is 6.42 Å². The van der Waals surface area contributed by atoms with Crippen molar-refractivity contribution in [3.8, 4) is 0 Å². The van der Waals surface area contributed by atoms with Crippen LogP contribution in [0.5, 0.6) is 0 Å². The minimum absolute atomic E-state index is 0. The fourth-order valence-electron chi connectivity index (χ4n) is 1.18. The van der Waals surface area contributed by atoms with Crippen LogP contribution in [0.2, 0.25) is 0 Å². The van der Waals surface area contributed by atoms with Crippen LogP contribution >= 0.6 is 0 Å². The number of likely N-dealkylation sites (tertiary alicyclic amines) is 1. The number of amides is 1. The molecule has 1 heterocycles. The van der Waals surface area contributed by atoms with E-state index in [4.69, 9.17) is 5.73 Å². The summed E-state index contributed by atoms with van der Waals surface area (Å²) in [6, 6.07) is 0. The summed E-state index contributed by atoms with van der Waals surface area (Å²) in [4.78, 5) is 12.5. The fraction of sp³-hybridized carbons (Fsp3) is 0.714. The maximum absolute atomic E-state index is 10.4. The third kappa shape index (κ3) is 4.58. The number of hydrogen-bond acceptors (Lipinski definition) is 2. The average molecular weight is 234 g/mol. The first-order valence-electron chi connectivity index (χ1n) is 3.61. The van der Waals surface area contributed by atoms with E-state index < -0.39 is 0 Å². The molecule has 1 amide bonds. The number of primary amides is 1. The summed E-state index contributed by atoms with van der Waals surface area (Å²) in [5.74, 6) is -0.220. The summed E-state index contributed by atoms with van der Waals surface area (Å²) in [6.07, 6.45) is 4.43. The second-order valence-electron chi connectivity index (χ2n) is 2.61. The second kappa shape index (κ2) is 5.77.